The van der Waals surface area contributed by atoms with E-state index in [0.29, 0.717) is 0 Å². The zero-order valence-corrected chi connectivity index (χ0v) is 5.42. The second-order valence-corrected chi connectivity index (χ2v) is 2.86. The van der Waals surface area contributed by atoms with Crippen LogP contribution in [0.2, 0.25) is 0 Å². The molecule has 2 heteroatoms. The molecule has 1 atom stereocenters. The molecule has 1 fully saturated rings. The molecule has 1 unspecified atom stereocenters. The van der Waals surface area contributed by atoms with Crippen LogP contribution in [0.3, 0.4) is 0 Å². The zero-order chi connectivity index (χ0) is 5.11. The van der Waals surface area contributed by atoms with Gasteiger partial charge in [0.2, 0.25) is 0 Å². The van der Waals surface area contributed by atoms with E-state index in [4.69, 9.17) is 0 Å². The van der Waals surface area contributed by atoms with Crippen molar-refractivity contribution in [1.29, 1.82) is 0 Å². The zero-order valence-electron chi connectivity index (χ0n) is 4.61. The van der Waals surface area contributed by atoms with Gasteiger partial charge in [-0.05, 0) is 25.6 Å². The molecule has 0 radical (unpaired) electrons. The Bertz CT molecular complexity index is 50.0. The third kappa shape index (κ3) is 1.35. The highest BCUT2D eigenvalue weighted by Gasteiger charge is 2.10. The highest BCUT2D eigenvalue weighted by molar-refractivity contribution is 7.99. The average Bonchev–Trinajstić information content (AvgIpc) is 2.14. The van der Waals surface area contributed by atoms with Gasteiger partial charge >= 0.3 is 0 Å². The third-order valence-corrected chi connectivity index (χ3v) is 2.27. The van der Waals surface area contributed by atoms with E-state index in [2.05, 4.69) is 11.6 Å². The van der Waals surface area contributed by atoms with E-state index >= 15 is 0 Å². The normalized spacial score (nSPS) is 31.3. The van der Waals surface area contributed by atoms with Crippen LogP contribution in [0.25, 0.3) is 0 Å². The smallest absolute Gasteiger partial charge is 0.0529 e. The molecule has 0 saturated carbocycles. The minimum absolute atomic E-state index is 0.764. The van der Waals surface area contributed by atoms with Crippen LogP contribution in [-0.2, 0) is 0 Å². The van der Waals surface area contributed by atoms with Gasteiger partial charge in [0.05, 0.1) is 5.37 Å². The molecule has 1 saturated heterocycles. The Hall–Kier alpha value is 0.310. The second-order valence-electron chi connectivity index (χ2n) is 1.82. The van der Waals surface area contributed by atoms with Crippen LogP contribution < -0.4 is 5.32 Å². The molecule has 0 bridgehead atoms. The van der Waals surface area contributed by atoms with Crippen molar-refractivity contribution in [3.8, 4) is 0 Å². The van der Waals surface area contributed by atoms with E-state index in [1.807, 2.05) is 11.8 Å². The summed E-state index contributed by atoms with van der Waals surface area (Å²) >= 11 is 1.92. The molecule has 0 aromatic rings. The number of nitrogens with one attached hydrogen (secondary N) is 1. The average molecular weight is 117 g/mol. The summed E-state index contributed by atoms with van der Waals surface area (Å²) in [5.41, 5.74) is 0. The monoisotopic (exact) mass is 117 g/mol. The van der Waals surface area contributed by atoms with Crippen molar-refractivity contribution in [3.63, 3.8) is 0 Å². The Morgan fingerprint density at radius 3 is 2.86 bits per heavy atom. The maximum absolute atomic E-state index is 3.37. The van der Waals surface area contributed by atoms with Gasteiger partial charge in [0, 0.05) is 0 Å². The molecule has 1 aliphatic heterocycles. The molecule has 1 heterocycles. The highest BCUT2D eigenvalue weighted by Crippen LogP contribution is 2.14. The number of hydrogen-bond donors (Lipinski definition) is 1. The molecule has 1 aliphatic rings. The van der Waals surface area contributed by atoms with Crippen LogP contribution in [0, 0.1) is 0 Å². The summed E-state index contributed by atoms with van der Waals surface area (Å²) < 4.78 is 0. The van der Waals surface area contributed by atoms with Crippen molar-refractivity contribution in [2.24, 2.45) is 0 Å². The van der Waals surface area contributed by atoms with E-state index < -0.39 is 0 Å². The maximum atomic E-state index is 3.37. The Morgan fingerprint density at radius 2 is 2.57 bits per heavy atom. The van der Waals surface area contributed by atoms with E-state index in [1.54, 1.807) is 0 Å². The largest absolute Gasteiger partial charge is 0.305 e. The molecule has 0 aromatic heterocycles. The maximum Gasteiger partial charge on any atom is 0.0529 e. The van der Waals surface area contributed by atoms with Crippen LogP contribution in [0.1, 0.15) is 12.8 Å². The number of thioether (sulfide) groups is 1. The van der Waals surface area contributed by atoms with Crippen molar-refractivity contribution in [1.82, 2.24) is 5.32 Å². The van der Waals surface area contributed by atoms with Gasteiger partial charge in [0.25, 0.3) is 0 Å². The van der Waals surface area contributed by atoms with Crippen LogP contribution in [0.15, 0.2) is 0 Å². The first-order valence-electron chi connectivity index (χ1n) is 2.69. The minimum atomic E-state index is 0.764. The highest BCUT2D eigenvalue weighted by atomic mass is 32.2. The standard InChI is InChI=1S/C5H11NS/c1-7-5-3-2-4-6-5/h5-6H,2-4H2,1H3. The molecule has 0 aromatic carbocycles. The first kappa shape index (κ1) is 5.45. The summed E-state index contributed by atoms with van der Waals surface area (Å²) in [4.78, 5) is 0. The van der Waals surface area contributed by atoms with Gasteiger partial charge in [-0.1, -0.05) is 0 Å². The molecule has 42 valence electrons. The van der Waals surface area contributed by atoms with E-state index in [-0.39, 0.29) is 0 Å². The first-order chi connectivity index (χ1) is 3.43. The Morgan fingerprint density at radius 1 is 1.71 bits per heavy atom. The second kappa shape index (κ2) is 2.58. The van der Waals surface area contributed by atoms with Crippen molar-refractivity contribution in [2.75, 3.05) is 12.8 Å². The quantitative estimate of drug-likeness (QED) is 0.551. The number of rotatable bonds is 1. The van der Waals surface area contributed by atoms with Crippen molar-refractivity contribution in [2.45, 2.75) is 18.2 Å². The summed E-state index contributed by atoms with van der Waals surface area (Å²) in [6, 6.07) is 0. The van der Waals surface area contributed by atoms with Gasteiger partial charge < -0.3 is 5.32 Å². The molecule has 0 spiro atoms. The van der Waals surface area contributed by atoms with Crippen LogP contribution in [-0.4, -0.2) is 18.2 Å². The van der Waals surface area contributed by atoms with Crippen molar-refractivity contribution >= 4 is 11.8 Å². The Labute approximate surface area is 48.9 Å². The molecule has 0 aliphatic carbocycles. The predicted octanol–water partition coefficient (Wildman–Crippen LogP) is 1.06. The fourth-order valence-corrected chi connectivity index (χ4v) is 1.54. The van der Waals surface area contributed by atoms with Gasteiger partial charge in [-0.15, -0.1) is 11.8 Å². The van der Waals surface area contributed by atoms with Crippen LogP contribution in [0.5, 0.6) is 0 Å². The minimum Gasteiger partial charge on any atom is -0.305 e. The van der Waals surface area contributed by atoms with Crippen molar-refractivity contribution < 1.29 is 0 Å². The lowest BCUT2D eigenvalue weighted by Gasteiger charge is -2.01. The molecule has 1 nitrogen and oxygen atoms in total. The topological polar surface area (TPSA) is 12.0 Å². The molecular weight excluding hydrogens is 106 g/mol. The molecule has 7 heavy (non-hydrogen) atoms. The predicted molar refractivity (Wildman–Crippen MR) is 34.5 cm³/mol. The fourth-order valence-electron chi connectivity index (χ4n) is 0.854. The lowest BCUT2D eigenvalue weighted by molar-refractivity contribution is 0.808. The molecule has 0 amide bonds. The first-order valence-corrected chi connectivity index (χ1v) is 3.98. The summed E-state index contributed by atoms with van der Waals surface area (Å²) in [5, 5.41) is 4.13. The summed E-state index contributed by atoms with van der Waals surface area (Å²) in [6.07, 6.45) is 4.88. The van der Waals surface area contributed by atoms with E-state index in [9.17, 15) is 0 Å². The van der Waals surface area contributed by atoms with Gasteiger partial charge in [-0.3, -0.25) is 0 Å². The van der Waals surface area contributed by atoms with Crippen LogP contribution >= 0.6 is 11.8 Å². The van der Waals surface area contributed by atoms with Gasteiger partial charge in [-0.25, -0.2) is 0 Å². The Balaban J connectivity index is 2.14. The molecule has 1 rings (SSSR count). The van der Waals surface area contributed by atoms with E-state index in [1.165, 1.54) is 19.4 Å². The van der Waals surface area contributed by atoms with E-state index in [0.717, 1.165) is 5.37 Å². The molecule has 1 N–H and O–H groups in total. The number of hydrogen-bond acceptors (Lipinski definition) is 2. The van der Waals surface area contributed by atoms with Crippen molar-refractivity contribution in [3.05, 3.63) is 0 Å². The SMILES string of the molecule is CSC1CCCN1. The lowest BCUT2D eigenvalue weighted by atomic mass is 10.4. The summed E-state index contributed by atoms with van der Waals surface area (Å²) in [7, 11) is 0. The Kier molecular flexibility index (Phi) is 2.00. The third-order valence-electron chi connectivity index (χ3n) is 1.30. The molecular formula is C5H11NS. The van der Waals surface area contributed by atoms with Gasteiger partial charge in [-0.2, -0.15) is 0 Å². The fraction of sp³-hybridized carbons (Fsp3) is 1.00. The summed E-state index contributed by atoms with van der Waals surface area (Å²) in [6.45, 7) is 1.23. The van der Waals surface area contributed by atoms with Gasteiger partial charge in [0.15, 0.2) is 0 Å². The van der Waals surface area contributed by atoms with Crippen LogP contribution in [0.4, 0.5) is 0 Å². The summed E-state index contributed by atoms with van der Waals surface area (Å²) in [5.74, 6) is 0. The lowest BCUT2D eigenvalue weighted by Crippen LogP contribution is -2.16. The van der Waals surface area contributed by atoms with Gasteiger partial charge in [0.1, 0.15) is 0 Å².